The molecule has 3 rings (SSSR count). The maximum atomic E-state index is 12.8. The van der Waals surface area contributed by atoms with E-state index in [2.05, 4.69) is 51.2 Å². The molecule has 2 aromatic carbocycles. The van der Waals surface area contributed by atoms with E-state index in [-0.39, 0.29) is 17.4 Å². The van der Waals surface area contributed by atoms with Gasteiger partial charge in [-0.05, 0) is 42.0 Å². The lowest BCUT2D eigenvalue weighted by molar-refractivity contribution is -0.117. The standard InChI is InChI=1S/C21H26N2O/c1-15-13-16-9-5-8-12-19(16)23(15)20(24)14-22-18-11-7-6-10-17(18)21(2,3)4/h5-12,15,22H,13-14H2,1-4H3. The summed E-state index contributed by atoms with van der Waals surface area (Å²) in [5, 5.41) is 3.36. The first-order chi connectivity index (χ1) is 11.4. The fourth-order valence-electron chi connectivity index (χ4n) is 3.49. The van der Waals surface area contributed by atoms with Crippen molar-refractivity contribution in [3.05, 3.63) is 59.7 Å². The molecule has 1 amide bonds. The van der Waals surface area contributed by atoms with Crippen LogP contribution in [0, 0.1) is 0 Å². The van der Waals surface area contributed by atoms with E-state index in [9.17, 15) is 4.79 Å². The Morgan fingerprint density at radius 1 is 1.12 bits per heavy atom. The number of carbonyl (C=O) groups excluding carboxylic acids is 1. The molecule has 0 saturated carbocycles. The second kappa shape index (κ2) is 6.31. The summed E-state index contributed by atoms with van der Waals surface area (Å²) >= 11 is 0. The van der Waals surface area contributed by atoms with Crippen molar-refractivity contribution in [2.24, 2.45) is 0 Å². The van der Waals surface area contributed by atoms with Gasteiger partial charge in [0.2, 0.25) is 5.91 Å². The number of rotatable bonds is 3. The van der Waals surface area contributed by atoms with Crippen LogP contribution in [0.2, 0.25) is 0 Å². The summed E-state index contributed by atoms with van der Waals surface area (Å²) in [5.41, 5.74) is 4.63. The molecule has 0 aliphatic carbocycles. The van der Waals surface area contributed by atoms with Crippen LogP contribution in [-0.2, 0) is 16.6 Å². The van der Waals surface area contributed by atoms with Crippen LogP contribution < -0.4 is 10.2 Å². The van der Waals surface area contributed by atoms with Gasteiger partial charge in [-0.1, -0.05) is 57.2 Å². The number of benzene rings is 2. The average Bonchev–Trinajstić information content (AvgIpc) is 2.88. The summed E-state index contributed by atoms with van der Waals surface area (Å²) in [7, 11) is 0. The molecular weight excluding hydrogens is 296 g/mol. The van der Waals surface area contributed by atoms with Crippen molar-refractivity contribution in [2.45, 2.75) is 45.6 Å². The maximum Gasteiger partial charge on any atom is 0.246 e. The van der Waals surface area contributed by atoms with Crippen molar-refractivity contribution >= 4 is 17.3 Å². The zero-order chi connectivity index (χ0) is 17.3. The van der Waals surface area contributed by atoms with Gasteiger partial charge in [0, 0.05) is 17.4 Å². The van der Waals surface area contributed by atoms with E-state index >= 15 is 0 Å². The molecule has 0 fully saturated rings. The monoisotopic (exact) mass is 322 g/mol. The summed E-state index contributed by atoms with van der Waals surface area (Å²) < 4.78 is 0. The molecule has 1 unspecified atom stereocenters. The third kappa shape index (κ3) is 3.16. The van der Waals surface area contributed by atoms with Gasteiger partial charge in [0.25, 0.3) is 0 Å². The lowest BCUT2D eigenvalue weighted by Gasteiger charge is -2.26. The van der Waals surface area contributed by atoms with Crippen LogP contribution in [-0.4, -0.2) is 18.5 Å². The molecule has 3 nitrogen and oxygen atoms in total. The number of amides is 1. The van der Waals surface area contributed by atoms with Gasteiger partial charge in [0.15, 0.2) is 0 Å². The van der Waals surface area contributed by atoms with Crippen LogP contribution in [0.3, 0.4) is 0 Å². The SMILES string of the molecule is CC1Cc2ccccc2N1C(=O)CNc1ccccc1C(C)(C)C. The van der Waals surface area contributed by atoms with E-state index in [1.54, 1.807) is 0 Å². The van der Waals surface area contributed by atoms with Crippen LogP contribution in [0.4, 0.5) is 11.4 Å². The van der Waals surface area contributed by atoms with Crippen molar-refractivity contribution in [1.29, 1.82) is 0 Å². The molecule has 0 saturated heterocycles. The van der Waals surface area contributed by atoms with Crippen LogP contribution >= 0.6 is 0 Å². The van der Waals surface area contributed by atoms with Gasteiger partial charge in [-0.25, -0.2) is 0 Å². The second-order valence-electron chi connectivity index (χ2n) is 7.59. The molecule has 0 radical (unpaired) electrons. The Hall–Kier alpha value is -2.29. The van der Waals surface area contributed by atoms with Crippen molar-refractivity contribution < 1.29 is 4.79 Å². The van der Waals surface area contributed by atoms with E-state index in [0.717, 1.165) is 17.8 Å². The molecule has 1 aliphatic heterocycles. The zero-order valence-electron chi connectivity index (χ0n) is 15.0. The smallest absolute Gasteiger partial charge is 0.246 e. The first-order valence-electron chi connectivity index (χ1n) is 8.61. The minimum Gasteiger partial charge on any atom is -0.376 e. The Kier molecular flexibility index (Phi) is 4.35. The van der Waals surface area contributed by atoms with Gasteiger partial charge < -0.3 is 10.2 Å². The molecule has 0 spiro atoms. The molecular formula is C21H26N2O. The van der Waals surface area contributed by atoms with Crippen molar-refractivity contribution in [1.82, 2.24) is 0 Å². The second-order valence-corrected chi connectivity index (χ2v) is 7.59. The number of para-hydroxylation sites is 2. The molecule has 0 aromatic heterocycles. The zero-order valence-corrected chi connectivity index (χ0v) is 15.0. The third-order valence-corrected chi connectivity index (χ3v) is 4.64. The molecule has 0 bridgehead atoms. The number of carbonyl (C=O) groups is 1. The highest BCUT2D eigenvalue weighted by Crippen LogP contribution is 2.32. The number of fused-ring (bicyclic) bond motifs is 1. The normalized spacial score (nSPS) is 16.8. The molecule has 1 N–H and O–H groups in total. The highest BCUT2D eigenvalue weighted by molar-refractivity contribution is 5.98. The Labute approximate surface area is 144 Å². The van der Waals surface area contributed by atoms with Gasteiger partial charge in [-0.3, -0.25) is 4.79 Å². The first kappa shape index (κ1) is 16.6. The quantitative estimate of drug-likeness (QED) is 0.910. The van der Waals surface area contributed by atoms with E-state index in [1.807, 2.05) is 35.2 Å². The van der Waals surface area contributed by atoms with Crippen molar-refractivity contribution in [3.63, 3.8) is 0 Å². The minimum atomic E-state index is 0.0418. The summed E-state index contributed by atoms with van der Waals surface area (Å²) in [6.07, 6.45) is 0.931. The van der Waals surface area contributed by atoms with Gasteiger partial charge >= 0.3 is 0 Å². The third-order valence-electron chi connectivity index (χ3n) is 4.64. The first-order valence-corrected chi connectivity index (χ1v) is 8.61. The van der Waals surface area contributed by atoms with Crippen LogP contribution in [0.1, 0.15) is 38.8 Å². The predicted octanol–water partition coefficient (Wildman–Crippen LogP) is 4.37. The number of hydrogen-bond donors (Lipinski definition) is 1. The summed E-state index contributed by atoms with van der Waals surface area (Å²) in [5.74, 6) is 0.121. The topological polar surface area (TPSA) is 32.3 Å². The van der Waals surface area contributed by atoms with E-state index in [4.69, 9.17) is 0 Å². The Balaban J connectivity index is 1.76. The fourth-order valence-corrected chi connectivity index (χ4v) is 3.49. The van der Waals surface area contributed by atoms with Gasteiger partial charge in [0.1, 0.15) is 0 Å². The average molecular weight is 322 g/mol. The Bertz CT molecular complexity index is 745. The highest BCUT2D eigenvalue weighted by atomic mass is 16.2. The number of hydrogen-bond acceptors (Lipinski definition) is 2. The van der Waals surface area contributed by atoms with Crippen molar-refractivity contribution in [2.75, 3.05) is 16.8 Å². The van der Waals surface area contributed by atoms with Crippen LogP contribution in [0.25, 0.3) is 0 Å². The molecule has 24 heavy (non-hydrogen) atoms. The molecule has 1 heterocycles. The van der Waals surface area contributed by atoms with Gasteiger partial charge in [-0.2, -0.15) is 0 Å². The largest absolute Gasteiger partial charge is 0.376 e. The highest BCUT2D eigenvalue weighted by Gasteiger charge is 2.30. The fraction of sp³-hybridized carbons (Fsp3) is 0.381. The summed E-state index contributed by atoms with van der Waals surface area (Å²) in [6.45, 7) is 8.99. The maximum absolute atomic E-state index is 12.8. The minimum absolute atomic E-state index is 0.0418. The van der Waals surface area contributed by atoms with Crippen LogP contribution in [0.5, 0.6) is 0 Å². The summed E-state index contributed by atoms with van der Waals surface area (Å²) in [4.78, 5) is 14.7. The molecule has 3 heteroatoms. The molecule has 1 aliphatic rings. The van der Waals surface area contributed by atoms with E-state index < -0.39 is 0 Å². The molecule has 126 valence electrons. The van der Waals surface area contributed by atoms with Crippen molar-refractivity contribution in [3.8, 4) is 0 Å². The van der Waals surface area contributed by atoms with Crippen LogP contribution in [0.15, 0.2) is 48.5 Å². The van der Waals surface area contributed by atoms with Gasteiger partial charge in [-0.15, -0.1) is 0 Å². The summed E-state index contributed by atoms with van der Waals surface area (Å²) in [6, 6.07) is 16.6. The molecule has 1 atom stereocenters. The Morgan fingerprint density at radius 3 is 2.54 bits per heavy atom. The lowest BCUT2D eigenvalue weighted by atomic mass is 9.86. The molecule has 2 aromatic rings. The van der Waals surface area contributed by atoms with Gasteiger partial charge in [0.05, 0.1) is 6.54 Å². The predicted molar refractivity (Wildman–Crippen MR) is 101 cm³/mol. The lowest BCUT2D eigenvalue weighted by Crippen LogP contribution is -2.39. The van der Waals surface area contributed by atoms with E-state index in [1.165, 1.54) is 11.1 Å². The number of nitrogens with one attached hydrogen (secondary N) is 1. The number of nitrogens with zero attached hydrogens (tertiary/aromatic N) is 1. The van der Waals surface area contributed by atoms with E-state index in [0.29, 0.717) is 6.54 Å². The number of anilines is 2. The Morgan fingerprint density at radius 2 is 1.79 bits per heavy atom.